The van der Waals surface area contributed by atoms with Gasteiger partial charge in [-0.05, 0) is 5.92 Å². The molecule has 5 atom stereocenters. The van der Waals surface area contributed by atoms with Gasteiger partial charge in [-0.25, -0.2) is 4.79 Å². The van der Waals surface area contributed by atoms with Gasteiger partial charge in [0.2, 0.25) is 0 Å². The number of ether oxygens (including phenoxy) is 2. The van der Waals surface area contributed by atoms with Crippen LogP contribution in [0.1, 0.15) is 13.8 Å². The van der Waals surface area contributed by atoms with Crippen molar-refractivity contribution in [1.82, 2.24) is 0 Å². The Morgan fingerprint density at radius 2 is 1.93 bits per heavy atom. The fraction of sp³-hybridized carbons (Fsp3) is 0.889. The van der Waals surface area contributed by atoms with Crippen LogP contribution in [0.3, 0.4) is 0 Å². The maximum Gasteiger partial charge on any atom is 0.335 e. The van der Waals surface area contributed by atoms with Gasteiger partial charge >= 0.3 is 5.97 Å². The standard InChI is InChI=1S/C9H16O5/c1-4-5(2)9(12)14-7(8(10)11)6(4)13-3/h4-7,9,12H,1-3H3,(H,10,11). The predicted octanol–water partition coefficient (Wildman–Crippen LogP) is 0.0754. The maximum atomic E-state index is 10.8. The summed E-state index contributed by atoms with van der Waals surface area (Å²) in [4.78, 5) is 10.8. The number of aliphatic hydroxyl groups excluding tert-OH is 1. The van der Waals surface area contributed by atoms with E-state index >= 15 is 0 Å². The number of rotatable bonds is 2. The van der Waals surface area contributed by atoms with E-state index in [1.165, 1.54) is 7.11 Å². The van der Waals surface area contributed by atoms with Crippen LogP contribution in [0.25, 0.3) is 0 Å². The number of methoxy groups -OCH3 is 1. The number of carbonyl (C=O) groups is 1. The number of hydrogen-bond acceptors (Lipinski definition) is 4. The summed E-state index contributed by atoms with van der Waals surface area (Å²) in [6.45, 7) is 3.65. The van der Waals surface area contributed by atoms with Gasteiger partial charge in [0.25, 0.3) is 0 Å². The zero-order chi connectivity index (χ0) is 10.9. The molecule has 82 valence electrons. The van der Waals surface area contributed by atoms with Crippen LogP contribution >= 0.6 is 0 Å². The molecule has 5 unspecified atom stereocenters. The molecule has 0 saturated carbocycles. The zero-order valence-corrected chi connectivity index (χ0v) is 8.51. The van der Waals surface area contributed by atoms with Crippen molar-refractivity contribution in [3.63, 3.8) is 0 Å². The molecule has 1 saturated heterocycles. The Labute approximate surface area is 82.6 Å². The lowest BCUT2D eigenvalue weighted by Crippen LogP contribution is -2.53. The van der Waals surface area contributed by atoms with Crippen molar-refractivity contribution in [2.24, 2.45) is 11.8 Å². The quantitative estimate of drug-likeness (QED) is 0.666. The second-order valence-electron chi connectivity index (χ2n) is 3.70. The summed E-state index contributed by atoms with van der Waals surface area (Å²) in [5.74, 6) is -1.28. The van der Waals surface area contributed by atoms with E-state index in [-0.39, 0.29) is 11.8 Å². The first-order valence-corrected chi connectivity index (χ1v) is 4.58. The Bertz CT molecular complexity index is 217. The van der Waals surface area contributed by atoms with E-state index in [9.17, 15) is 9.90 Å². The van der Waals surface area contributed by atoms with Crippen LogP contribution in [0.2, 0.25) is 0 Å². The molecule has 0 spiro atoms. The van der Waals surface area contributed by atoms with Crippen LogP contribution in [-0.4, -0.2) is 41.8 Å². The summed E-state index contributed by atoms with van der Waals surface area (Å²) >= 11 is 0. The Kier molecular flexibility index (Phi) is 3.47. The highest BCUT2D eigenvalue weighted by molar-refractivity contribution is 5.73. The van der Waals surface area contributed by atoms with Gasteiger partial charge in [-0.3, -0.25) is 0 Å². The highest BCUT2D eigenvalue weighted by Gasteiger charge is 2.44. The molecule has 1 aliphatic heterocycles. The zero-order valence-electron chi connectivity index (χ0n) is 8.51. The smallest absolute Gasteiger partial charge is 0.335 e. The van der Waals surface area contributed by atoms with Crippen molar-refractivity contribution in [1.29, 1.82) is 0 Å². The third-order valence-corrected chi connectivity index (χ3v) is 2.90. The van der Waals surface area contributed by atoms with Gasteiger partial charge in [0.15, 0.2) is 12.4 Å². The van der Waals surface area contributed by atoms with Crippen molar-refractivity contribution in [2.45, 2.75) is 32.3 Å². The summed E-state index contributed by atoms with van der Waals surface area (Å²) in [6, 6.07) is 0. The van der Waals surface area contributed by atoms with E-state index in [0.717, 1.165) is 0 Å². The van der Waals surface area contributed by atoms with Crippen molar-refractivity contribution < 1.29 is 24.5 Å². The van der Waals surface area contributed by atoms with Gasteiger partial charge in [0.05, 0.1) is 6.10 Å². The monoisotopic (exact) mass is 204 g/mol. The molecule has 0 aromatic rings. The topological polar surface area (TPSA) is 76.0 Å². The Balaban J connectivity index is 2.82. The molecule has 1 aliphatic rings. The van der Waals surface area contributed by atoms with E-state index < -0.39 is 24.5 Å². The van der Waals surface area contributed by atoms with E-state index in [0.29, 0.717) is 0 Å². The molecule has 0 bridgehead atoms. The second kappa shape index (κ2) is 4.25. The number of aliphatic carboxylic acids is 1. The lowest BCUT2D eigenvalue weighted by molar-refractivity contribution is -0.249. The third kappa shape index (κ3) is 1.89. The highest BCUT2D eigenvalue weighted by Crippen LogP contribution is 2.31. The van der Waals surface area contributed by atoms with Gasteiger partial charge in [-0.2, -0.15) is 0 Å². The molecule has 0 aromatic heterocycles. The molecule has 0 radical (unpaired) electrons. The van der Waals surface area contributed by atoms with Crippen LogP contribution in [0, 0.1) is 11.8 Å². The van der Waals surface area contributed by atoms with Crippen LogP contribution in [0.4, 0.5) is 0 Å². The normalized spacial score (nSPS) is 43.6. The number of carboxylic acid groups (broad SMARTS) is 1. The average Bonchev–Trinajstić information content (AvgIpc) is 2.13. The molecule has 1 heterocycles. The van der Waals surface area contributed by atoms with Gasteiger partial charge in [-0.1, -0.05) is 13.8 Å². The SMILES string of the molecule is COC1C(C(=O)O)OC(O)C(C)C1C. The third-order valence-electron chi connectivity index (χ3n) is 2.90. The summed E-state index contributed by atoms with van der Waals surface area (Å²) in [5, 5.41) is 18.3. The van der Waals surface area contributed by atoms with E-state index in [2.05, 4.69) is 0 Å². The van der Waals surface area contributed by atoms with Crippen molar-refractivity contribution in [2.75, 3.05) is 7.11 Å². The summed E-state index contributed by atoms with van der Waals surface area (Å²) < 4.78 is 10.0. The number of aliphatic hydroxyl groups is 1. The summed E-state index contributed by atoms with van der Waals surface area (Å²) in [5.41, 5.74) is 0. The molecule has 5 heteroatoms. The predicted molar refractivity (Wildman–Crippen MR) is 47.6 cm³/mol. The minimum atomic E-state index is -1.10. The Morgan fingerprint density at radius 1 is 1.36 bits per heavy atom. The molecule has 5 nitrogen and oxygen atoms in total. The first kappa shape index (κ1) is 11.4. The molecule has 0 aliphatic carbocycles. The number of hydrogen-bond donors (Lipinski definition) is 2. The fourth-order valence-electron chi connectivity index (χ4n) is 1.72. The molecular formula is C9H16O5. The largest absolute Gasteiger partial charge is 0.479 e. The van der Waals surface area contributed by atoms with Crippen LogP contribution < -0.4 is 0 Å². The fourth-order valence-corrected chi connectivity index (χ4v) is 1.72. The van der Waals surface area contributed by atoms with E-state index in [1.807, 2.05) is 6.92 Å². The van der Waals surface area contributed by atoms with Gasteiger partial charge in [-0.15, -0.1) is 0 Å². The first-order chi connectivity index (χ1) is 6.49. The molecule has 0 amide bonds. The van der Waals surface area contributed by atoms with Crippen molar-refractivity contribution >= 4 is 5.97 Å². The molecular weight excluding hydrogens is 188 g/mol. The van der Waals surface area contributed by atoms with E-state index in [1.54, 1.807) is 6.92 Å². The van der Waals surface area contributed by atoms with Crippen LogP contribution in [-0.2, 0) is 14.3 Å². The molecule has 14 heavy (non-hydrogen) atoms. The Hall–Kier alpha value is -0.650. The van der Waals surface area contributed by atoms with Gasteiger partial charge in [0.1, 0.15) is 0 Å². The maximum absolute atomic E-state index is 10.8. The van der Waals surface area contributed by atoms with Crippen molar-refractivity contribution in [3.05, 3.63) is 0 Å². The average molecular weight is 204 g/mol. The van der Waals surface area contributed by atoms with Crippen LogP contribution in [0.5, 0.6) is 0 Å². The van der Waals surface area contributed by atoms with Gasteiger partial charge < -0.3 is 19.7 Å². The summed E-state index contributed by atoms with van der Waals surface area (Å²) in [7, 11) is 1.45. The molecule has 1 rings (SSSR count). The highest BCUT2D eigenvalue weighted by atomic mass is 16.6. The molecule has 1 fully saturated rings. The second-order valence-corrected chi connectivity index (χ2v) is 3.70. The van der Waals surface area contributed by atoms with Crippen LogP contribution in [0.15, 0.2) is 0 Å². The minimum absolute atomic E-state index is 0.0511. The lowest BCUT2D eigenvalue weighted by Gasteiger charge is -2.40. The first-order valence-electron chi connectivity index (χ1n) is 4.58. The lowest BCUT2D eigenvalue weighted by atomic mass is 9.84. The van der Waals surface area contributed by atoms with E-state index in [4.69, 9.17) is 14.6 Å². The number of carboxylic acids is 1. The molecule has 2 N–H and O–H groups in total. The Morgan fingerprint density at radius 3 is 2.36 bits per heavy atom. The minimum Gasteiger partial charge on any atom is -0.479 e. The summed E-state index contributed by atoms with van der Waals surface area (Å²) in [6.07, 6.45) is -2.62. The molecule has 0 aromatic carbocycles. The van der Waals surface area contributed by atoms with Crippen molar-refractivity contribution in [3.8, 4) is 0 Å². The van der Waals surface area contributed by atoms with Gasteiger partial charge in [0, 0.05) is 13.0 Å².